The van der Waals surface area contributed by atoms with Crippen LogP contribution in [0.15, 0.2) is 0 Å². The van der Waals surface area contributed by atoms with Crippen LogP contribution < -0.4 is 5.32 Å². The van der Waals surface area contributed by atoms with E-state index in [9.17, 15) is 4.79 Å². The van der Waals surface area contributed by atoms with Crippen molar-refractivity contribution in [1.82, 2.24) is 10.2 Å². The molecule has 0 amide bonds. The summed E-state index contributed by atoms with van der Waals surface area (Å²) >= 11 is 0. The maximum absolute atomic E-state index is 12.3. The summed E-state index contributed by atoms with van der Waals surface area (Å²) < 4.78 is 5.26. The van der Waals surface area contributed by atoms with Crippen molar-refractivity contribution in [3.63, 3.8) is 0 Å². The molecule has 1 unspecified atom stereocenters. The van der Waals surface area contributed by atoms with Gasteiger partial charge in [0.2, 0.25) is 0 Å². The van der Waals surface area contributed by atoms with Gasteiger partial charge in [-0.05, 0) is 52.6 Å². The lowest BCUT2D eigenvalue weighted by Crippen LogP contribution is -2.58. The highest BCUT2D eigenvalue weighted by atomic mass is 16.5. The van der Waals surface area contributed by atoms with Crippen molar-refractivity contribution in [2.24, 2.45) is 0 Å². The Hall–Kier alpha value is -0.610. The van der Waals surface area contributed by atoms with Gasteiger partial charge in [-0.2, -0.15) is 0 Å². The molecule has 1 aliphatic rings. The minimum Gasteiger partial charge on any atom is -0.465 e. The zero-order chi connectivity index (χ0) is 14.3. The van der Waals surface area contributed by atoms with Crippen LogP contribution in [0.2, 0.25) is 0 Å². The van der Waals surface area contributed by atoms with Crippen molar-refractivity contribution in [3.05, 3.63) is 0 Å². The van der Waals surface area contributed by atoms with Gasteiger partial charge < -0.3 is 9.64 Å². The Kier molecular flexibility index (Phi) is 6.80. The van der Waals surface area contributed by atoms with Gasteiger partial charge in [-0.15, -0.1) is 0 Å². The Labute approximate surface area is 117 Å². The number of nitrogens with zero attached hydrogens (tertiary/aromatic N) is 1. The molecule has 0 aromatic heterocycles. The van der Waals surface area contributed by atoms with Crippen molar-refractivity contribution >= 4 is 5.97 Å². The average Bonchev–Trinajstić information content (AvgIpc) is 3.13. The van der Waals surface area contributed by atoms with Crippen LogP contribution in [0.3, 0.4) is 0 Å². The number of ether oxygens (including phenoxy) is 1. The maximum Gasteiger partial charge on any atom is 0.327 e. The van der Waals surface area contributed by atoms with E-state index in [1.807, 2.05) is 13.8 Å². The van der Waals surface area contributed by atoms with Gasteiger partial charge in [0, 0.05) is 12.6 Å². The van der Waals surface area contributed by atoms with Crippen LogP contribution in [-0.4, -0.2) is 48.7 Å². The SMILES string of the molecule is CCCN(CCC)CC(C)(NC1CC1)C(=O)OCC. The largest absolute Gasteiger partial charge is 0.465 e. The zero-order valence-electron chi connectivity index (χ0n) is 13.0. The van der Waals surface area contributed by atoms with Gasteiger partial charge in [0.1, 0.15) is 5.54 Å². The Bertz CT molecular complexity index is 273. The fourth-order valence-corrected chi connectivity index (χ4v) is 2.49. The molecule has 1 saturated carbocycles. The number of rotatable bonds is 10. The quantitative estimate of drug-likeness (QED) is 0.618. The summed E-state index contributed by atoms with van der Waals surface area (Å²) in [5, 5.41) is 3.48. The van der Waals surface area contributed by atoms with Crippen molar-refractivity contribution in [2.75, 3.05) is 26.2 Å². The third-order valence-corrected chi connectivity index (χ3v) is 3.45. The lowest BCUT2D eigenvalue weighted by Gasteiger charge is -2.34. The van der Waals surface area contributed by atoms with E-state index < -0.39 is 5.54 Å². The molecule has 4 heteroatoms. The van der Waals surface area contributed by atoms with Crippen molar-refractivity contribution in [3.8, 4) is 0 Å². The molecule has 1 rings (SSSR count). The predicted molar refractivity (Wildman–Crippen MR) is 78.2 cm³/mol. The van der Waals surface area contributed by atoms with Gasteiger partial charge in [-0.3, -0.25) is 10.1 Å². The van der Waals surface area contributed by atoms with Gasteiger partial charge in [-0.25, -0.2) is 0 Å². The van der Waals surface area contributed by atoms with Gasteiger partial charge in [-0.1, -0.05) is 13.8 Å². The van der Waals surface area contributed by atoms with Crippen LogP contribution in [0.25, 0.3) is 0 Å². The van der Waals surface area contributed by atoms with E-state index in [4.69, 9.17) is 4.74 Å². The van der Waals surface area contributed by atoms with E-state index in [1.165, 1.54) is 12.8 Å². The number of nitrogens with one attached hydrogen (secondary N) is 1. The third kappa shape index (κ3) is 5.49. The normalized spacial score (nSPS) is 18.4. The number of carbonyl (C=O) groups excluding carboxylic acids is 1. The lowest BCUT2D eigenvalue weighted by atomic mass is 10.0. The van der Waals surface area contributed by atoms with Crippen molar-refractivity contribution in [1.29, 1.82) is 0 Å². The third-order valence-electron chi connectivity index (χ3n) is 3.45. The number of hydrogen-bond acceptors (Lipinski definition) is 4. The summed E-state index contributed by atoms with van der Waals surface area (Å²) in [5.41, 5.74) is -0.568. The topological polar surface area (TPSA) is 41.6 Å². The second kappa shape index (κ2) is 7.85. The van der Waals surface area contributed by atoms with Crippen molar-refractivity contribution < 1.29 is 9.53 Å². The minimum atomic E-state index is -0.568. The number of esters is 1. The Balaban J connectivity index is 2.66. The molecular weight excluding hydrogens is 240 g/mol. The standard InChI is InChI=1S/C15H30N2O2/c1-5-10-17(11-6-2)12-15(4,14(18)19-7-3)16-13-8-9-13/h13,16H,5-12H2,1-4H3. The van der Waals surface area contributed by atoms with Crippen molar-refractivity contribution in [2.45, 2.75) is 65.0 Å². The molecule has 0 aromatic carbocycles. The molecule has 0 saturated heterocycles. The molecule has 4 nitrogen and oxygen atoms in total. The minimum absolute atomic E-state index is 0.112. The Morgan fingerprint density at radius 3 is 2.26 bits per heavy atom. The highest BCUT2D eigenvalue weighted by Gasteiger charge is 2.40. The summed E-state index contributed by atoms with van der Waals surface area (Å²) in [7, 11) is 0. The maximum atomic E-state index is 12.3. The van der Waals surface area contributed by atoms with Crippen LogP contribution in [0.5, 0.6) is 0 Å². The molecule has 1 N–H and O–H groups in total. The second-order valence-corrected chi connectivity index (χ2v) is 5.75. The highest BCUT2D eigenvalue weighted by Crippen LogP contribution is 2.24. The predicted octanol–water partition coefficient (Wildman–Crippen LogP) is 2.18. The van der Waals surface area contributed by atoms with E-state index >= 15 is 0 Å². The van der Waals surface area contributed by atoms with Gasteiger partial charge in [0.15, 0.2) is 0 Å². The van der Waals surface area contributed by atoms with Crippen LogP contribution >= 0.6 is 0 Å². The van der Waals surface area contributed by atoms with Crippen LogP contribution in [0, 0.1) is 0 Å². The second-order valence-electron chi connectivity index (χ2n) is 5.75. The van der Waals surface area contributed by atoms with Crippen LogP contribution in [0.1, 0.15) is 53.4 Å². The molecule has 112 valence electrons. The first-order valence-electron chi connectivity index (χ1n) is 7.73. The Morgan fingerprint density at radius 2 is 1.84 bits per heavy atom. The van der Waals surface area contributed by atoms with Crippen LogP contribution in [0.4, 0.5) is 0 Å². The molecule has 1 fully saturated rings. The molecule has 0 aliphatic heterocycles. The molecule has 19 heavy (non-hydrogen) atoms. The summed E-state index contributed by atoms with van der Waals surface area (Å²) in [6.07, 6.45) is 4.58. The smallest absolute Gasteiger partial charge is 0.327 e. The summed E-state index contributed by atoms with van der Waals surface area (Å²) in [6.45, 7) is 11.5. The molecule has 0 spiro atoms. The molecule has 0 aromatic rings. The van der Waals surface area contributed by atoms with E-state index in [0.29, 0.717) is 12.6 Å². The Morgan fingerprint density at radius 1 is 1.26 bits per heavy atom. The first-order chi connectivity index (χ1) is 9.05. The first kappa shape index (κ1) is 16.4. The van der Waals surface area contributed by atoms with E-state index in [0.717, 1.165) is 32.5 Å². The zero-order valence-corrected chi connectivity index (χ0v) is 13.0. The van der Waals surface area contributed by atoms with Gasteiger partial charge >= 0.3 is 5.97 Å². The highest BCUT2D eigenvalue weighted by molar-refractivity contribution is 5.80. The fourth-order valence-electron chi connectivity index (χ4n) is 2.49. The molecule has 0 heterocycles. The fraction of sp³-hybridized carbons (Fsp3) is 0.933. The van der Waals surface area contributed by atoms with Crippen LogP contribution in [-0.2, 0) is 9.53 Å². The number of hydrogen-bond donors (Lipinski definition) is 1. The summed E-state index contributed by atoms with van der Waals surface area (Å²) in [5.74, 6) is -0.112. The summed E-state index contributed by atoms with van der Waals surface area (Å²) in [6, 6.07) is 0.500. The van der Waals surface area contributed by atoms with E-state index in [-0.39, 0.29) is 5.97 Å². The van der Waals surface area contributed by atoms with E-state index in [2.05, 4.69) is 24.1 Å². The van der Waals surface area contributed by atoms with E-state index in [1.54, 1.807) is 0 Å². The average molecular weight is 270 g/mol. The summed E-state index contributed by atoms with van der Waals surface area (Å²) in [4.78, 5) is 14.6. The lowest BCUT2D eigenvalue weighted by molar-refractivity contribution is -0.151. The molecule has 0 radical (unpaired) electrons. The number of carbonyl (C=O) groups is 1. The first-order valence-corrected chi connectivity index (χ1v) is 7.73. The molecule has 1 atom stereocenters. The molecular formula is C15H30N2O2. The molecule has 1 aliphatic carbocycles. The monoisotopic (exact) mass is 270 g/mol. The van der Waals surface area contributed by atoms with Gasteiger partial charge in [0.25, 0.3) is 0 Å². The molecule has 0 bridgehead atoms. The van der Waals surface area contributed by atoms with Gasteiger partial charge in [0.05, 0.1) is 6.61 Å².